The van der Waals surface area contributed by atoms with Gasteiger partial charge < -0.3 is 10.2 Å². The molecule has 1 aliphatic heterocycles. The summed E-state index contributed by atoms with van der Waals surface area (Å²) in [4.78, 5) is 2.83. The van der Waals surface area contributed by atoms with Crippen molar-refractivity contribution in [2.75, 3.05) is 26.2 Å². The van der Waals surface area contributed by atoms with Crippen molar-refractivity contribution >= 4 is 0 Å². The summed E-state index contributed by atoms with van der Waals surface area (Å²) >= 11 is 0. The van der Waals surface area contributed by atoms with Crippen LogP contribution in [0, 0.1) is 11.3 Å². The lowest BCUT2D eigenvalue weighted by molar-refractivity contribution is 0.103. The number of hydrogen-bond acceptors (Lipinski definition) is 2. The SMILES string of the molecule is CCC1CCCN(CC2(CNC3CC3)CCCCC2)CC1. The van der Waals surface area contributed by atoms with Gasteiger partial charge in [0.1, 0.15) is 0 Å². The Balaban J connectivity index is 1.54. The predicted molar refractivity (Wildman–Crippen MR) is 90.6 cm³/mol. The summed E-state index contributed by atoms with van der Waals surface area (Å²) in [6, 6.07) is 0.873. The molecule has 2 saturated carbocycles. The maximum Gasteiger partial charge on any atom is 0.00684 e. The molecule has 1 heterocycles. The number of hydrogen-bond donors (Lipinski definition) is 1. The summed E-state index contributed by atoms with van der Waals surface area (Å²) < 4.78 is 0. The molecule has 2 aliphatic carbocycles. The van der Waals surface area contributed by atoms with Crippen LogP contribution in [-0.4, -0.2) is 37.1 Å². The Kier molecular flexibility index (Phi) is 5.61. The molecule has 0 aromatic heterocycles. The van der Waals surface area contributed by atoms with Crippen molar-refractivity contribution < 1.29 is 0 Å². The molecule has 1 atom stereocenters. The molecule has 1 N–H and O–H groups in total. The molecular weight excluding hydrogens is 256 g/mol. The summed E-state index contributed by atoms with van der Waals surface area (Å²) in [6.07, 6.45) is 16.0. The highest BCUT2D eigenvalue weighted by Gasteiger charge is 2.35. The van der Waals surface area contributed by atoms with Gasteiger partial charge >= 0.3 is 0 Å². The maximum absolute atomic E-state index is 3.87. The van der Waals surface area contributed by atoms with Crippen molar-refractivity contribution in [3.63, 3.8) is 0 Å². The number of likely N-dealkylation sites (tertiary alicyclic amines) is 1. The Bertz CT molecular complexity index is 305. The molecule has 0 spiro atoms. The summed E-state index contributed by atoms with van der Waals surface area (Å²) in [6.45, 7) is 7.78. The van der Waals surface area contributed by atoms with E-state index in [-0.39, 0.29) is 0 Å². The first kappa shape index (κ1) is 15.8. The van der Waals surface area contributed by atoms with Gasteiger partial charge in [0.2, 0.25) is 0 Å². The molecular formula is C19H36N2. The first-order valence-electron chi connectivity index (χ1n) is 9.75. The molecule has 0 bridgehead atoms. The lowest BCUT2D eigenvalue weighted by Gasteiger charge is -2.41. The van der Waals surface area contributed by atoms with E-state index in [0.29, 0.717) is 5.41 Å². The van der Waals surface area contributed by atoms with Crippen molar-refractivity contribution in [3.05, 3.63) is 0 Å². The Hall–Kier alpha value is -0.0800. The molecule has 122 valence electrons. The second-order valence-corrected chi connectivity index (χ2v) is 8.20. The highest BCUT2D eigenvalue weighted by atomic mass is 15.1. The zero-order valence-corrected chi connectivity index (χ0v) is 14.2. The van der Waals surface area contributed by atoms with Gasteiger partial charge in [0.15, 0.2) is 0 Å². The lowest BCUT2D eigenvalue weighted by atomic mass is 9.73. The fourth-order valence-electron chi connectivity index (χ4n) is 4.61. The minimum Gasteiger partial charge on any atom is -0.313 e. The van der Waals surface area contributed by atoms with Crippen molar-refractivity contribution in [2.45, 2.75) is 83.6 Å². The van der Waals surface area contributed by atoms with Gasteiger partial charge in [-0.25, -0.2) is 0 Å². The van der Waals surface area contributed by atoms with Crippen LogP contribution < -0.4 is 5.32 Å². The van der Waals surface area contributed by atoms with Gasteiger partial charge in [-0.1, -0.05) is 32.6 Å². The summed E-state index contributed by atoms with van der Waals surface area (Å²) in [5.74, 6) is 1.00. The Morgan fingerprint density at radius 2 is 1.76 bits per heavy atom. The van der Waals surface area contributed by atoms with E-state index < -0.39 is 0 Å². The third-order valence-electron chi connectivity index (χ3n) is 6.33. The fourth-order valence-corrected chi connectivity index (χ4v) is 4.61. The zero-order valence-electron chi connectivity index (χ0n) is 14.2. The van der Waals surface area contributed by atoms with Crippen LogP contribution in [-0.2, 0) is 0 Å². The van der Waals surface area contributed by atoms with Gasteiger partial charge in [0.05, 0.1) is 0 Å². The van der Waals surface area contributed by atoms with Crippen LogP contribution >= 0.6 is 0 Å². The first-order chi connectivity index (χ1) is 10.3. The van der Waals surface area contributed by atoms with E-state index >= 15 is 0 Å². The van der Waals surface area contributed by atoms with Crippen molar-refractivity contribution in [1.29, 1.82) is 0 Å². The quantitative estimate of drug-likeness (QED) is 0.789. The van der Waals surface area contributed by atoms with Crippen molar-refractivity contribution in [2.24, 2.45) is 11.3 Å². The molecule has 3 rings (SSSR count). The van der Waals surface area contributed by atoms with Crippen LogP contribution in [0.1, 0.15) is 77.6 Å². The van der Waals surface area contributed by atoms with Crippen molar-refractivity contribution in [3.8, 4) is 0 Å². The fraction of sp³-hybridized carbons (Fsp3) is 1.00. The molecule has 1 unspecified atom stereocenters. The average molecular weight is 293 g/mol. The molecule has 2 nitrogen and oxygen atoms in total. The van der Waals surface area contributed by atoms with E-state index in [1.807, 2.05) is 0 Å². The molecule has 2 heteroatoms. The molecule has 3 aliphatic rings. The molecule has 1 saturated heterocycles. The van der Waals surface area contributed by atoms with Gasteiger partial charge in [-0.2, -0.15) is 0 Å². The Morgan fingerprint density at radius 1 is 0.952 bits per heavy atom. The molecule has 0 aromatic rings. The molecule has 0 aromatic carbocycles. The summed E-state index contributed by atoms with van der Waals surface area (Å²) in [5, 5.41) is 3.87. The average Bonchev–Trinajstić information content (AvgIpc) is 3.34. The van der Waals surface area contributed by atoms with Gasteiger partial charge in [-0.05, 0) is 69.4 Å². The highest BCUT2D eigenvalue weighted by molar-refractivity contribution is 4.92. The van der Waals surface area contributed by atoms with Crippen LogP contribution in [0.25, 0.3) is 0 Å². The second kappa shape index (κ2) is 7.46. The number of rotatable bonds is 6. The van der Waals surface area contributed by atoms with Crippen LogP contribution in [0.3, 0.4) is 0 Å². The zero-order chi connectivity index (χ0) is 14.5. The highest BCUT2D eigenvalue weighted by Crippen LogP contribution is 2.38. The second-order valence-electron chi connectivity index (χ2n) is 8.20. The molecule has 0 radical (unpaired) electrons. The Morgan fingerprint density at radius 3 is 2.48 bits per heavy atom. The van der Waals surface area contributed by atoms with Crippen LogP contribution in [0.5, 0.6) is 0 Å². The molecule has 21 heavy (non-hydrogen) atoms. The molecule has 3 fully saturated rings. The van der Waals surface area contributed by atoms with Gasteiger partial charge in [-0.3, -0.25) is 0 Å². The van der Waals surface area contributed by atoms with Crippen LogP contribution in [0.4, 0.5) is 0 Å². The standard InChI is InChI=1S/C19H36N2/c1-2-17-7-6-13-21(14-10-17)16-19(11-4-3-5-12-19)15-20-18-8-9-18/h17-18,20H,2-16H2,1H3. The molecule has 0 amide bonds. The van der Waals surface area contributed by atoms with Crippen LogP contribution in [0.2, 0.25) is 0 Å². The third kappa shape index (κ3) is 4.69. The normalized spacial score (nSPS) is 31.0. The van der Waals surface area contributed by atoms with E-state index in [9.17, 15) is 0 Å². The van der Waals surface area contributed by atoms with E-state index in [4.69, 9.17) is 0 Å². The number of nitrogens with one attached hydrogen (secondary N) is 1. The monoisotopic (exact) mass is 292 g/mol. The largest absolute Gasteiger partial charge is 0.313 e. The van der Waals surface area contributed by atoms with E-state index in [1.54, 1.807) is 0 Å². The smallest absolute Gasteiger partial charge is 0.00684 e. The van der Waals surface area contributed by atoms with E-state index in [0.717, 1.165) is 12.0 Å². The lowest BCUT2D eigenvalue weighted by Crippen LogP contribution is -2.46. The minimum atomic E-state index is 0.604. The van der Waals surface area contributed by atoms with Gasteiger partial charge in [-0.15, -0.1) is 0 Å². The maximum atomic E-state index is 3.87. The van der Waals surface area contributed by atoms with Crippen molar-refractivity contribution in [1.82, 2.24) is 10.2 Å². The van der Waals surface area contributed by atoms with E-state index in [2.05, 4.69) is 17.1 Å². The summed E-state index contributed by atoms with van der Waals surface area (Å²) in [5.41, 5.74) is 0.604. The minimum absolute atomic E-state index is 0.604. The van der Waals surface area contributed by atoms with E-state index in [1.165, 1.54) is 96.8 Å². The Labute approximate surface area is 132 Å². The van der Waals surface area contributed by atoms with Crippen LogP contribution in [0.15, 0.2) is 0 Å². The first-order valence-corrected chi connectivity index (χ1v) is 9.75. The van der Waals surface area contributed by atoms with Gasteiger partial charge in [0, 0.05) is 19.1 Å². The topological polar surface area (TPSA) is 15.3 Å². The third-order valence-corrected chi connectivity index (χ3v) is 6.33. The number of nitrogens with zero attached hydrogens (tertiary/aromatic N) is 1. The summed E-state index contributed by atoms with van der Waals surface area (Å²) in [7, 11) is 0. The van der Waals surface area contributed by atoms with Gasteiger partial charge in [0.25, 0.3) is 0 Å². The predicted octanol–water partition coefficient (Wildman–Crippen LogP) is 4.20.